The van der Waals surface area contributed by atoms with Gasteiger partial charge in [0.15, 0.2) is 21.4 Å². The molecule has 29 heavy (non-hydrogen) atoms. The van der Waals surface area contributed by atoms with Gasteiger partial charge in [-0.2, -0.15) is 13.2 Å². The Hall–Kier alpha value is -2.69. The first-order chi connectivity index (χ1) is 13.4. The topological polar surface area (TPSA) is 104 Å². The summed E-state index contributed by atoms with van der Waals surface area (Å²) in [5, 5.41) is 3.59. The molecule has 0 radical (unpaired) electrons. The molecule has 1 aromatic carbocycles. The quantitative estimate of drug-likeness (QED) is 0.510. The van der Waals surface area contributed by atoms with E-state index in [-0.39, 0.29) is 23.8 Å². The van der Waals surface area contributed by atoms with Crippen molar-refractivity contribution in [2.75, 3.05) is 12.9 Å². The molecule has 0 N–H and O–H groups in total. The lowest BCUT2D eigenvalue weighted by Gasteiger charge is -2.12. The number of hydrogen-bond donors (Lipinski definition) is 0. The summed E-state index contributed by atoms with van der Waals surface area (Å²) in [6.45, 7) is 1.53. The van der Waals surface area contributed by atoms with Crippen LogP contribution in [0.25, 0.3) is 0 Å². The van der Waals surface area contributed by atoms with E-state index < -0.39 is 49.5 Å². The highest BCUT2D eigenvalue weighted by atomic mass is 32.2. The molecule has 0 bridgehead atoms. The van der Waals surface area contributed by atoms with Gasteiger partial charge >= 0.3 is 12.1 Å². The molecular formula is C18H16F3NO6S. The summed E-state index contributed by atoms with van der Waals surface area (Å²) in [4.78, 5) is 24.5. The zero-order valence-corrected chi connectivity index (χ0v) is 16.2. The molecule has 2 aromatic rings. The summed E-state index contributed by atoms with van der Waals surface area (Å²) in [7, 11) is -4.20. The second-order valence-electron chi connectivity index (χ2n) is 6.58. The summed E-state index contributed by atoms with van der Waals surface area (Å²) >= 11 is 0. The number of carbonyl (C=O) groups is 2. The van der Waals surface area contributed by atoms with Crippen LogP contribution in [0.3, 0.4) is 0 Å². The molecule has 0 saturated heterocycles. The number of esters is 1. The second kappa shape index (κ2) is 7.29. The zero-order valence-electron chi connectivity index (χ0n) is 15.4. The Morgan fingerprint density at radius 1 is 1.28 bits per heavy atom. The van der Waals surface area contributed by atoms with E-state index in [0.29, 0.717) is 31.2 Å². The molecule has 3 rings (SSSR count). The molecule has 0 aliphatic heterocycles. The molecule has 0 unspecified atom stereocenters. The molecule has 1 aromatic heterocycles. The van der Waals surface area contributed by atoms with E-state index in [4.69, 9.17) is 9.26 Å². The number of aromatic nitrogens is 1. The monoisotopic (exact) mass is 431 g/mol. The summed E-state index contributed by atoms with van der Waals surface area (Å²) < 4.78 is 73.3. The fourth-order valence-electron chi connectivity index (χ4n) is 2.81. The molecule has 156 valence electrons. The fraction of sp³-hybridized carbons (Fsp3) is 0.389. The Labute approximate surface area is 163 Å². The van der Waals surface area contributed by atoms with Gasteiger partial charge in [0.25, 0.3) is 0 Å². The van der Waals surface area contributed by atoms with Crippen LogP contribution >= 0.6 is 0 Å². The summed E-state index contributed by atoms with van der Waals surface area (Å²) in [5.74, 6) is -2.00. The minimum Gasteiger partial charge on any atom is -0.461 e. The average Bonchev–Trinajstić information content (AvgIpc) is 3.37. The minimum absolute atomic E-state index is 0.00699. The molecule has 1 heterocycles. The van der Waals surface area contributed by atoms with Crippen LogP contribution in [0.1, 0.15) is 63.4 Å². The first kappa shape index (κ1) is 21.0. The minimum atomic E-state index is -4.80. The molecule has 1 aliphatic rings. The van der Waals surface area contributed by atoms with E-state index >= 15 is 0 Å². The third-order valence-corrected chi connectivity index (χ3v) is 5.45. The van der Waals surface area contributed by atoms with Gasteiger partial charge in [0.1, 0.15) is 5.56 Å². The molecule has 11 heteroatoms. The maximum atomic E-state index is 13.2. The van der Waals surface area contributed by atoms with Gasteiger partial charge in [0.2, 0.25) is 5.69 Å². The Morgan fingerprint density at radius 2 is 1.93 bits per heavy atom. The van der Waals surface area contributed by atoms with Crippen LogP contribution in [0.4, 0.5) is 13.2 Å². The maximum Gasteiger partial charge on any atom is 0.416 e. The predicted octanol–water partition coefficient (Wildman–Crippen LogP) is 3.38. The number of benzene rings is 1. The highest BCUT2D eigenvalue weighted by Gasteiger charge is 2.39. The number of rotatable bonds is 6. The molecule has 1 saturated carbocycles. The number of carbonyl (C=O) groups excluding carboxylic acids is 2. The van der Waals surface area contributed by atoms with E-state index in [1.165, 1.54) is 0 Å². The first-order valence-corrected chi connectivity index (χ1v) is 10.5. The lowest BCUT2D eigenvalue weighted by atomic mass is 9.98. The van der Waals surface area contributed by atoms with Gasteiger partial charge in [-0.1, -0.05) is 5.16 Å². The molecule has 0 spiro atoms. The van der Waals surface area contributed by atoms with Crippen LogP contribution in [0.2, 0.25) is 0 Å². The Bertz CT molecular complexity index is 1080. The van der Waals surface area contributed by atoms with Crippen LogP contribution in [-0.4, -0.2) is 38.2 Å². The number of sulfone groups is 1. The lowest BCUT2D eigenvalue weighted by Crippen LogP contribution is -2.17. The van der Waals surface area contributed by atoms with Crippen LogP contribution in [-0.2, 0) is 20.8 Å². The fourth-order valence-corrected chi connectivity index (χ4v) is 3.71. The third kappa shape index (κ3) is 4.19. The van der Waals surface area contributed by atoms with Gasteiger partial charge in [-0.05, 0) is 38.0 Å². The SMILES string of the molecule is CCOC(=O)c1noc(C2CC2)c1C(=O)c1ccc(C(F)(F)F)cc1S(C)(=O)=O. The maximum absolute atomic E-state index is 13.2. The second-order valence-corrected chi connectivity index (χ2v) is 8.56. The van der Waals surface area contributed by atoms with Gasteiger partial charge in [0, 0.05) is 17.7 Å². The number of halogens is 3. The smallest absolute Gasteiger partial charge is 0.416 e. The van der Waals surface area contributed by atoms with E-state index in [9.17, 15) is 31.2 Å². The molecular weight excluding hydrogens is 415 g/mol. The molecule has 1 aliphatic carbocycles. The van der Waals surface area contributed by atoms with Crippen molar-refractivity contribution >= 4 is 21.6 Å². The molecule has 0 atom stereocenters. The van der Waals surface area contributed by atoms with Crippen LogP contribution in [0, 0.1) is 0 Å². The van der Waals surface area contributed by atoms with E-state index in [1.807, 2.05) is 0 Å². The molecule has 7 nitrogen and oxygen atoms in total. The van der Waals surface area contributed by atoms with Crippen LogP contribution < -0.4 is 0 Å². The standard InChI is InChI=1S/C18H16F3NO6S/c1-3-27-17(24)14-13(16(28-22-14)9-4-5-9)15(23)11-7-6-10(18(19,20)21)8-12(11)29(2,25)26/h6-9H,3-5H2,1-2H3. The van der Waals surface area contributed by atoms with Crippen molar-refractivity contribution in [1.82, 2.24) is 5.16 Å². The van der Waals surface area contributed by atoms with Crippen molar-refractivity contribution in [3.8, 4) is 0 Å². The van der Waals surface area contributed by atoms with Crippen molar-refractivity contribution in [2.45, 2.75) is 36.8 Å². The highest BCUT2D eigenvalue weighted by molar-refractivity contribution is 7.90. The van der Waals surface area contributed by atoms with Gasteiger partial charge in [-0.25, -0.2) is 13.2 Å². The predicted molar refractivity (Wildman–Crippen MR) is 92.4 cm³/mol. The summed E-state index contributed by atoms with van der Waals surface area (Å²) in [5.41, 5.74) is -2.43. The zero-order chi connectivity index (χ0) is 21.6. The van der Waals surface area contributed by atoms with Gasteiger partial charge in [0.05, 0.1) is 17.1 Å². The van der Waals surface area contributed by atoms with Crippen LogP contribution in [0.15, 0.2) is 27.6 Å². The van der Waals surface area contributed by atoms with Crippen molar-refractivity contribution in [2.24, 2.45) is 0 Å². The van der Waals surface area contributed by atoms with Gasteiger partial charge in [-0.15, -0.1) is 0 Å². The van der Waals surface area contributed by atoms with Gasteiger partial charge in [-0.3, -0.25) is 4.79 Å². The number of ether oxygens (including phenoxy) is 1. The summed E-state index contributed by atoms with van der Waals surface area (Å²) in [6.07, 6.45) is -2.76. The largest absolute Gasteiger partial charge is 0.461 e. The number of hydrogen-bond acceptors (Lipinski definition) is 7. The highest BCUT2D eigenvalue weighted by Crippen LogP contribution is 2.43. The lowest BCUT2D eigenvalue weighted by molar-refractivity contribution is -0.137. The van der Waals surface area contributed by atoms with E-state index in [0.717, 1.165) is 6.07 Å². The Kier molecular flexibility index (Phi) is 5.28. The van der Waals surface area contributed by atoms with Crippen molar-refractivity contribution in [1.29, 1.82) is 0 Å². The molecule has 1 fully saturated rings. The van der Waals surface area contributed by atoms with E-state index in [2.05, 4.69) is 5.16 Å². The normalized spacial score (nSPS) is 14.7. The summed E-state index contributed by atoms with van der Waals surface area (Å²) in [6, 6.07) is 1.79. The van der Waals surface area contributed by atoms with Crippen molar-refractivity contribution in [3.05, 3.63) is 46.3 Å². The average molecular weight is 431 g/mol. The Balaban J connectivity index is 2.19. The van der Waals surface area contributed by atoms with Crippen molar-refractivity contribution in [3.63, 3.8) is 0 Å². The molecule has 0 amide bonds. The number of nitrogens with zero attached hydrogens (tertiary/aromatic N) is 1. The Morgan fingerprint density at radius 3 is 2.45 bits per heavy atom. The number of ketones is 1. The number of alkyl halides is 3. The first-order valence-electron chi connectivity index (χ1n) is 8.57. The van der Waals surface area contributed by atoms with Gasteiger partial charge < -0.3 is 9.26 Å². The third-order valence-electron chi connectivity index (χ3n) is 4.32. The van der Waals surface area contributed by atoms with Crippen molar-refractivity contribution < 1.29 is 40.4 Å². The van der Waals surface area contributed by atoms with Crippen LogP contribution in [0.5, 0.6) is 0 Å². The van der Waals surface area contributed by atoms with E-state index in [1.54, 1.807) is 6.92 Å².